The van der Waals surface area contributed by atoms with Gasteiger partial charge in [0.1, 0.15) is 35.5 Å². The molecule has 3 aromatic carbocycles. The summed E-state index contributed by atoms with van der Waals surface area (Å²) in [4.78, 5) is 24.5. The first-order chi connectivity index (χ1) is 22.6. The van der Waals surface area contributed by atoms with Crippen molar-refractivity contribution in [2.24, 2.45) is 0 Å². The van der Waals surface area contributed by atoms with Crippen molar-refractivity contribution in [3.63, 3.8) is 0 Å². The molecule has 0 radical (unpaired) electrons. The van der Waals surface area contributed by atoms with Gasteiger partial charge >= 0.3 is 6.09 Å². The monoisotopic (exact) mass is 632 g/mol. The molecule has 1 aliphatic heterocycles. The topological polar surface area (TPSA) is 105 Å². The minimum Gasteiger partial charge on any atom is -0.489 e. The van der Waals surface area contributed by atoms with Crippen molar-refractivity contribution in [1.82, 2.24) is 19.7 Å². The van der Waals surface area contributed by atoms with Gasteiger partial charge in [0, 0.05) is 37.1 Å². The number of anilines is 1. The first-order valence-corrected chi connectivity index (χ1v) is 15.7. The van der Waals surface area contributed by atoms with Gasteiger partial charge in [-0.05, 0) is 75.4 Å². The Bertz CT molecular complexity index is 1950. The molecule has 1 saturated heterocycles. The molecule has 10 heteroatoms. The van der Waals surface area contributed by atoms with Crippen molar-refractivity contribution >= 4 is 17.7 Å². The minimum absolute atomic E-state index is 0.0346. The van der Waals surface area contributed by atoms with E-state index in [1.54, 1.807) is 12.3 Å². The molecule has 2 aromatic heterocycles. The van der Waals surface area contributed by atoms with Crippen LogP contribution in [-0.4, -0.2) is 45.2 Å². The molecule has 240 valence electrons. The summed E-state index contributed by atoms with van der Waals surface area (Å²) in [5.41, 5.74) is 4.66. The Morgan fingerprint density at radius 1 is 1.06 bits per heavy atom. The van der Waals surface area contributed by atoms with Gasteiger partial charge in [-0.2, -0.15) is 5.26 Å². The molecule has 0 bridgehead atoms. The van der Waals surface area contributed by atoms with Crippen LogP contribution in [0.2, 0.25) is 0 Å². The second kappa shape index (κ2) is 13.1. The van der Waals surface area contributed by atoms with Gasteiger partial charge in [0.2, 0.25) is 5.95 Å². The predicted octanol–water partition coefficient (Wildman–Crippen LogP) is 7.46. The molecule has 9 nitrogen and oxygen atoms in total. The van der Waals surface area contributed by atoms with Crippen LogP contribution in [0.5, 0.6) is 5.75 Å². The first-order valence-electron chi connectivity index (χ1n) is 15.7. The Morgan fingerprint density at radius 3 is 2.51 bits per heavy atom. The van der Waals surface area contributed by atoms with E-state index in [1.165, 1.54) is 12.1 Å². The molecule has 1 fully saturated rings. The van der Waals surface area contributed by atoms with E-state index in [2.05, 4.69) is 10.2 Å². The number of aromatic nitrogens is 3. The summed E-state index contributed by atoms with van der Waals surface area (Å²) in [5, 5.41) is 12.4. The van der Waals surface area contributed by atoms with Crippen molar-refractivity contribution in [3.8, 4) is 34.2 Å². The second-order valence-electron chi connectivity index (χ2n) is 12.7. The quantitative estimate of drug-likeness (QED) is 0.199. The number of hydrogen-bond donors (Lipinski definition) is 1. The number of rotatable bonds is 7. The minimum atomic E-state index is -0.618. The van der Waals surface area contributed by atoms with Crippen LogP contribution >= 0.6 is 0 Å². The van der Waals surface area contributed by atoms with E-state index in [9.17, 15) is 10.1 Å². The zero-order chi connectivity index (χ0) is 33.1. The predicted molar refractivity (Wildman–Crippen MR) is 179 cm³/mol. The van der Waals surface area contributed by atoms with Gasteiger partial charge < -0.3 is 19.7 Å². The number of carbonyl (C=O) groups is 1. The highest BCUT2D eigenvalue weighted by Gasteiger charge is 2.28. The van der Waals surface area contributed by atoms with Crippen molar-refractivity contribution in [3.05, 3.63) is 102 Å². The number of alkyl carbamates (subject to hydrolysis) is 1. The number of benzene rings is 3. The highest BCUT2D eigenvalue weighted by Crippen LogP contribution is 2.39. The molecule has 0 atom stereocenters. The second-order valence-corrected chi connectivity index (χ2v) is 12.7. The summed E-state index contributed by atoms with van der Waals surface area (Å²) >= 11 is 0. The van der Waals surface area contributed by atoms with Gasteiger partial charge in [0.25, 0.3) is 0 Å². The van der Waals surface area contributed by atoms with Crippen LogP contribution in [0.4, 0.5) is 15.1 Å². The fourth-order valence-corrected chi connectivity index (χ4v) is 5.76. The number of halogens is 1. The van der Waals surface area contributed by atoms with E-state index in [1.807, 2.05) is 92.9 Å². The normalized spacial score (nSPS) is 13.7. The molecule has 1 aliphatic rings. The Balaban J connectivity index is 1.38. The fourth-order valence-electron chi connectivity index (χ4n) is 5.76. The van der Waals surface area contributed by atoms with Gasteiger partial charge in [0.15, 0.2) is 0 Å². The molecule has 1 N–H and O–H groups in total. The Labute approximate surface area is 273 Å². The third-order valence-electron chi connectivity index (χ3n) is 8.10. The van der Waals surface area contributed by atoms with Crippen LogP contribution in [0.3, 0.4) is 0 Å². The zero-order valence-electron chi connectivity index (χ0n) is 27.0. The Kier molecular flexibility index (Phi) is 8.81. The number of nitriles is 1. The van der Waals surface area contributed by atoms with Crippen molar-refractivity contribution < 1.29 is 18.7 Å². The van der Waals surface area contributed by atoms with Gasteiger partial charge in [-0.25, -0.2) is 19.2 Å². The largest absolute Gasteiger partial charge is 0.489 e. The lowest BCUT2D eigenvalue weighted by atomic mass is 9.97. The third-order valence-corrected chi connectivity index (χ3v) is 8.10. The fraction of sp³-hybridized carbons (Fsp3) is 0.297. The zero-order valence-corrected chi connectivity index (χ0v) is 27.0. The molecular formula is C37H37FN6O3. The lowest BCUT2D eigenvalue weighted by molar-refractivity contribution is 0.0497. The van der Waals surface area contributed by atoms with Crippen LogP contribution in [0, 0.1) is 24.1 Å². The summed E-state index contributed by atoms with van der Waals surface area (Å²) in [5.74, 6) is 0.758. The maximum Gasteiger partial charge on any atom is 0.407 e. The van der Waals surface area contributed by atoms with Gasteiger partial charge in [-0.15, -0.1) is 0 Å². The number of imidazole rings is 1. The number of nitrogens with one attached hydrogen (secondary N) is 1. The van der Waals surface area contributed by atoms with E-state index in [4.69, 9.17) is 19.4 Å². The van der Waals surface area contributed by atoms with Crippen molar-refractivity contribution in [1.29, 1.82) is 5.26 Å². The number of nitrogens with zero attached hydrogens (tertiary/aromatic N) is 5. The van der Waals surface area contributed by atoms with Crippen LogP contribution in [0.1, 0.15) is 50.3 Å². The lowest BCUT2D eigenvalue weighted by Crippen LogP contribution is -2.46. The van der Waals surface area contributed by atoms with Crippen molar-refractivity contribution in [2.45, 2.75) is 58.8 Å². The average molecular weight is 633 g/mol. The molecule has 0 saturated carbocycles. The van der Waals surface area contributed by atoms with E-state index in [-0.39, 0.29) is 11.6 Å². The molecule has 47 heavy (non-hydrogen) atoms. The highest BCUT2D eigenvalue weighted by molar-refractivity contribution is 5.91. The van der Waals surface area contributed by atoms with Crippen LogP contribution in [0.15, 0.2) is 79.1 Å². The molecule has 3 heterocycles. The van der Waals surface area contributed by atoms with E-state index in [0.717, 1.165) is 22.4 Å². The standard InChI is InChI=1S/C37H37FN6O3/c1-24-10-11-26(21-31(24)46-23-25-8-6-5-7-9-25)32-33(27-12-13-28(22-39)30(38)20-27)42-35(44-19-16-40-34(32)44)43-17-14-29(15-18-43)41-36(45)47-37(2,3)4/h5-13,16,19-21,29H,14-15,17-18,23H2,1-4H3,(H,41,45). The van der Waals surface area contributed by atoms with Crippen molar-refractivity contribution in [2.75, 3.05) is 18.0 Å². The molecule has 6 rings (SSSR count). The molecular weight excluding hydrogens is 595 g/mol. The third kappa shape index (κ3) is 7.04. The molecule has 0 spiro atoms. The van der Waals surface area contributed by atoms with Crippen LogP contribution < -0.4 is 15.0 Å². The first kappa shape index (κ1) is 31.5. The number of carbonyl (C=O) groups excluding carboxylic acids is 1. The lowest BCUT2D eigenvalue weighted by Gasteiger charge is -2.34. The summed E-state index contributed by atoms with van der Waals surface area (Å²) in [7, 11) is 0. The van der Waals surface area contributed by atoms with Crippen LogP contribution in [0.25, 0.3) is 28.0 Å². The SMILES string of the molecule is Cc1ccc(-c2c(-c3ccc(C#N)c(F)c3)nc(N3CCC(NC(=O)OC(C)(C)C)CC3)n3ccnc23)cc1OCc1ccccc1. The molecule has 0 aliphatic carbocycles. The number of ether oxygens (including phenoxy) is 2. The summed E-state index contributed by atoms with van der Waals surface area (Å²) < 4.78 is 28.7. The van der Waals surface area contributed by atoms with Gasteiger partial charge in [-0.1, -0.05) is 48.5 Å². The highest BCUT2D eigenvalue weighted by atomic mass is 19.1. The number of piperidine rings is 1. The van der Waals surface area contributed by atoms with Gasteiger partial charge in [-0.3, -0.25) is 4.40 Å². The number of aryl methyl sites for hydroxylation is 1. The summed E-state index contributed by atoms with van der Waals surface area (Å²) in [6.07, 6.45) is 4.56. The maximum atomic E-state index is 15.1. The van der Waals surface area contributed by atoms with Crippen LogP contribution in [-0.2, 0) is 11.3 Å². The van der Waals surface area contributed by atoms with E-state index >= 15 is 4.39 Å². The number of fused-ring (bicyclic) bond motifs is 1. The molecule has 1 amide bonds. The van der Waals surface area contributed by atoms with E-state index in [0.29, 0.717) is 61.0 Å². The smallest absolute Gasteiger partial charge is 0.407 e. The summed E-state index contributed by atoms with van der Waals surface area (Å²) in [6.45, 7) is 9.18. The average Bonchev–Trinajstić information content (AvgIpc) is 3.54. The molecule has 5 aromatic rings. The Hall–Kier alpha value is -5.43. The van der Waals surface area contributed by atoms with Gasteiger partial charge in [0.05, 0.1) is 16.8 Å². The molecule has 0 unspecified atom stereocenters. The summed E-state index contributed by atoms with van der Waals surface area (Å²) in [6, 6.07) is 22.3. The van der Waals surface area contributed by atoms with E-state index < -0.39 is 17.5 Å². The maximum absolute atomic E-state index is 15.1. The number of hydrogen-bond acceptors (Lipinski definition) is 7. The Morgan fingerprint density at radius 2 is 1.81 bits per heavy atom. The number of amides is 1.